The fourth-order valence-corrected chi connectivity index (χ4v) is 2.41. The molecule has 2 rings (SSSR count). The van der Waals surface area contributed by atoms with Crippen LogP contribution >= 0.6 is 11.6 Å². The smallest absolute Gasteiger partial charge is 0.308 e. The van der Waals surface area contributed by atoms with Gasteiger partial charge in [-0.15, -0.1) is 0 Å². The number of hydrogen-bond acceptors (Lipinski definition) is 4. The van der Waals surface area contributed by atoms with Crippen molar-refractivity contribution >= 4 is 35.2 Å². The largest absolute Gasteiger partial charge is 0.493 e. The van der Waals surface area contributed by atoms with Gasteiger partial charge in [0.15, 0.2) is 11.5 Å². The lowest BCUT2D eigenvalue weighted by Gasteiger charge is -2.11. The number of ether oxygens (including phenoxy) is 2. The van der Waals surface area contributed by atoms with E-state index < -0.39 is 5.97 Å². The number of esters is 1. The van der Waals surface area contributed by atoms with Crippen molar-refractivity contribution < 1.29 is 19.1 Å². The van der Waals surface area contributed by atoms with Crippen molar-refractivity contribution in [3.05, 3.63) is 58.6 Å². The SMILES string of the molecule is COc1ccc(/C=C/C(=O)Nc2cccc(C)c2)c(Cl)c1OC(C)=O. The lowest BCUT2D eigenvalue weighted by Crippen LogP contribution is -2.07. The van der Waals surface area contributed by atoms with Crippen molar-refractivity contribution in [2.75, 3.05) is 12.4 Å². The molecule has 0 aliphatic heterocycles. The molecule has 0 bridgehead atoms. The summed E-state index contributed by atoms with van der Waals surface area (Å²) in [6, 6.07) is 10.8. The van der Waals surface area contributed by atoms with Crippen LogP contribution in [-0.2, 0) is 9.59 Å². The molecular weight excluding hydrogens is 342 g/mol. The first-order chi connectivity index (χ1) is 11.9. The van der Waals surface area contributed by atoms with Gasteiger partial charge in [-0.25, -0.2) is 0 Å². The Hall–Kier alpha value is -2.79. The van der Waals surface area contributed by atoms with E-state index in [1.807, 2.05) is 25.1 Å². The Morgan fingerprint density at radius 3 is 2.60 bits per heavy atom. The van der Waals surface area contributed by atoms with E-state index >= 15 is 0 Å². The van der Waals surface area contributed by atoms with Gasteiger partial charge in [0, 0.05) is 18.7 Å². The third-order valence-electron chi connectivity index (χ3n) is 3.26. The molecule has 5 nitrogen and oxygen atoms in total. The number of halogens is 1. The zero-order chi connectivity index (χ0) is 18.4. The summed E-state index contributed by atoms with van der Waals surface area (Å²) in [5.74, 6) is -0.357. The molecule has 0 aliphatic carbocycles. The Morgan fingerprint density at radius 2 is 1.96 bits per heavy atom. The first-order valence-electron chi connectivity index (χ1n) is 7.51. The highest BCUT2D eigenvalue weighted by molar-refractivity contribution is 6.34. The fraction of sp³-hybridized carbons (Fsp3) is 0.158. The summed E-state index contributed by atoms with van der Waals surface area (Å²) in [4.78, 5) is 23.3. The number of carbonyl (C=O) groups excluding carboxylic acids is 2. The zero-order valence-electron chi connectivity index (χ0n) is 14.1. The number of carbonyl (C=O) groups is 2. The monoisotopic (exact) mass is 359 g/mol. The number of nitrogens with one attached hydrogen (secondary N) is 1. The van der Waals surface area contributed by atoms with E-state index in [-0.39, 0.29) is 16.7 Å². The van der Waals surface area contributed by atoms with Crippen molar-refractivity contribution in [1.29, 1.82) is 0 Å². The number of aryl methyl sites for hydroxylation is 1. The highest BCUT2D eigenvalue weighted by atomic mass is 35.5. The van der Waals surface area contributed by atoms with Crippen LogP contribution in [0.1, 0.15) is 18.1 Å². The first kappa shape index (κ1) is 18.5. The Kier molecular flexibility index (Phi) is 6.19. The zero-order valence-corrected chi connectivity index (χ0v) is 14.9. The van der Waals surface area contributed by atoms with Crippen molar-refractivity contribution in [3.63, 3.8) is 0 Å². The van der Waals surface area contributed by atoms with E-state index in [1.54, 1.807) is 24.3 Å². The van der Waals surface area contributed by atoms with Crippen LogP contribution in [0.5, 0.6) is 11.5 Å². The second kappa shape index (κ2) is 8.35. The molecule has 0 heterocycles. The Bertz CT molecular complexity index is 830. The normalized spacial score (nSPS) is 10.6. The summed E-state index contributed by atoms with van der Waals surface area (Å²) >= 11 is 6.26. The number of hydrogen-bond donors (Lipinski definition) is 1. The maximum absolute atomic E-state index is 12.0. The Balaban J connectivity index is 2.19. The Labute approximate surface area is 151 Å². The third-order valence-corrected chi connectivity index (χ3v) is 3.65. The molecule has 0 aromatic heterocycles. The molecule has 0 saturated heterocycles. The topological polar surface area (TPSA) is 64.6 Å². The highest BCUT2D eigenvalue weighted by Gasteiger charge is 2.14. The van der Waals surface area contributed by atoms with Crippen LogP contribution < -0.4 is 14.8 Å². The molecule has 0 fully saturated rings. The van der Waals surface area contributed by atoms with Crippen LogP contribution in [0.2, 0.25) is 5.02 Å². The van der Waals surface area contributed by atoms with E-state index in [0.29, 0.717) is 17.0 Å². The van der Waals surface area contributed by atoms with E-state index in [4.69, 9.17) is 21.1 Å². The van der Waals surface area contributed by atoms with Crippen molar-refractivity contribution in [2.45, 2.75) is 13.8 Å². The maximum atomic E-state index is 12.0. The summed E-state index contributed by atoms with van der Waals surface area (Å²) in [5.41, 5.74) is 2.28. The summed E-state index contributed by atoms with van der Waals surface area (Å²) in [5, 5.41) is 2.95. The molecule has 0 radical (unpaired) electrons. The average Bonchev–Trinajstić information content (AvgIpc) is 2.55. The quantitative estimate of drug-likeness (QED) is 0.493. The van der Waals surface area contributed by atoms with Gasteiger partial charge >= 0.3 is 5.97 Å². The van der Waals surface area contributed by atoms with Crippen LogP contribution in [0.15, 0.2) is 42.5 Å². The van der Waals surface area contributed by atoms with Gasteiger partial charge in [-0.1, -0.05) is 23.7 Å². The van der Waals surface area contributed by atoms with Crippen molar-refractivity contribution in [2.24, 2.45) is 0 Å². The van der Waals surface area contributed by atoms with Crippen molar-refractivity contribution in [3.8, 4) is 11.5 Å². The van der Waals surface area contributed by atoms with Gasteiger partial charge < -0.3 is 14.8 Å². The highest BCUT2D eigenvalue weighted by Crippen LogP contribution is 2.38. The summed E-state index contributed by atoms with van der Waals surface area (Å²) < 4.78 is 10.2. The summed E-state index contributed by atoms with van der Waals surface area (Å²) in [6.45, 7) is 3.22. The molecule has 130 valence electrons. The maximum Gasteiger partial charge on any atom is 0.308 e. The molecule has 0 atom stereocenters. The molecule has 2 aromatic carbocycles. The lowest BCUT2D eigenvalue weighted by atomic mass is 10.1. The number of benzene rings is 2. The molecule has 0 unspecified atom stereocenters. The number of amides is 1. The van der Waals surface area contributed by atoms with Crippen LogP contribution in [0.3, 0.4) is 0 Å². The molecule has 0 saturated carbocycles. The van der Waals surface area contributed by atoms with Gasteiger partial charge in [-0.05, 0) is 48.4 Å². The Morgan fingerprint density at radius 1 is 1.20 bits per heavy atom. The van der Waals surface area contributed by atoms with E-state index in [0.717, 1.165) is 5.56 Å². The van der Waals surface area contributed by atoms with Crippen LogP contribution in [0, 0.1) is 6.92 Å². The van der Waals surface area contributed by atoms with Gasteiger partial charge in [-0.2, -0.15) is 0 Å². The standard InChI is InChI=1S/C19H18ClNO4/c1-12-5-4-6-15(11-12)21-17(23)10-8-14-7-9-16(24-3)19(18(14)20)25-13(2)22/h4-11H,1-3H3,(H,21,23)/b10-8+. The molecule has 1 amide bonds. The molecular formula is C19H18ClNO4. The average molecular weight is 360 g/mol. The predicted molar refractivity (Wildman–Crippen MR) is 98.2 cm³/mol. The van der Waals surface area contributed by atoms with E-state index in [1.165, 1.54) is 20.1 Å². The first-order valence-corrected chi connectivity index (χ1v) is 7.89. The van der Waals surface area contributed by atoms with Crippen LogP contribution in [0.4, 0.5) is 5.69 Å². The van der Waals surface area contributed by atoms with Crippen LogP contribution in [0.25, 0.3) is 6.08 Å². The number of methoxy groups -OCH3 is 1. The molecule has 25 heavy (non-hydrogen) atoms. The molecule has 2 aromatic rings. The minimum absolute atomic E-state index is 0.123. The molecule has 1 N–H and O–H groups in total. The number of anilines is 1. The minimum Gasteiger partial charge on any atom is -0.493 e. The second-order valence-corrected chi connectivity index (χ2v) is 5.66. The van der Waals surface area contributed by atoms with Gasteiger partial charge in [0.2, 0.25) is 5.91 Å². The summed E-state index contributed by atoms with van der Waals surface area (Å²) in [6.07, 6.45) is 2.90. The lowest BCUT2D eigenvalue weighted by molar-refractivity contribution is -0.132. The molecule has 0 aliphatic rings. The van der Waals surface area contributed by atoms with Gasteiger partial charge in [-0.3, -0.25) is 9.59 Å². The van der Waals surface area contributed by atoms with E-state index in [2.05, 4.69) is 5.32 Å². The predicted octanol–water partition coefficient (Wildman–Crippen LogP) is 4.23. The second-order valence-electron chi connectivity index (χ2n) is 5.29. The summed E-state index contributed by atoms with van der Waals surface area (Å²) in [7, 11) is 1.45. The fourth-order valence-electron chi connectivity index (χ4n) is 2.15. The molecule has 0 spiro atoms. The van der Waals surface area contributed by atoms with Gasteiger partial charge in [0.05, 0.1) is 12.1 Å². The van der Waals surface area contributed by atoms with Crippen LogP contribution in [-0.4, -0.2) is 19.0 Å². The van der Waals surface area contributed by atoms with Gasteiger partial charge in [0.25, 0.3) is 0 Å². The van der Waals surface area contributed by atoms with Crippen molar-refractivity contribution in [1.82, 2.24) is 0 Å². The number of rotatable bonds is 5. The third kappa shape index (κ3) is 5.09. The minimum atomic E-state index is -0.515. The van der Waals surface area contributed by atoms with E-state index in [9.17, 15) is 9.59 Å². The molecule has 6 heteroatoms. The van der Waals surface area contributed by atoms with Gasteiger partial charge in [0.1, 0.15) is 0 Å².